The van der Waals surface area contributed by atoms with Gasteiger partial charge >= 0.3 is 0 Å². The van der Waals surface area contributed by atoms with Crippen molar-refractivity contribution >= 4 is 0 Å². The van der Waals surface area contributed by atoms with Crippen LogP contribution < -0.4 is 0 Å². The molecule has 0 unspecified atom stereocenters. The number of aromatic nitrogens is 1. The number of nitriles is 1. The largest absolute Gasteiger partial charge is 0.260 e. The first kappa shape index (κ1) is 6.76. The maximum absolute atomic E-state index is 8.46. The molecule has 0 fully saturated rings. The highest BCUT2D eigenvalue weighted by atomic mass is 14.7. The van der Waals surface area contributed by atoms with E-state index >= 15 is 0 Å². The molecule has 0 aliphatic carbocycles. The Balaban J connectivity index is 3.20. The van der Waals surface area contributed by atoms with Crippen molar-refractivity contribution < 1.29 is 0 Å². The monoisotopic (exact) mass is 132 g/mol. The highest BCUT2D eigenvalue weighted by Gasteiger charge is 1.94. The quantitative estimate of drug-likeness (QED) is 0.537. The first-order valence-electron chi connectivity index (χ1n) is 3.07. The number of hydrogen-bond acceptors (Lipinski definition) is 2. The van der Waals surface area contributed by atoms with Gasteiger partial charge in [-0.05, 0) is 25.5 Å². The van der Waals surface area contributed by atoms with Gasteiger partial charge in [0.15, 0.2) is 0 Å². The molecule has 0 bridgehead atoms. The highest BCUT2D eigenvalue weighted by Crippen LogP contribution is 2.04. The van der Waals surface area contributed by atoms with Crippen molar-refractivity contribution in [2.45, 2.75) is 13.8 Å². The second kappa shape index (κ2) is 2.49. The molecular formula is C8H8N2. The van der Waals surface area contributed by atoms with Crippen molar-refractivity contribution in [3.05, 3.63) is 29.1 Å². The minimum atomic E-state index is 0.628. The van der Waals surface area contributed by atoms with Gasteiger partial charge in [-0.1, -0.05) is 0 Å². The van der Waals surface area contributed by atoms with E-state index in [0.717, 1.165) is 11.3 Å². The van der Waals surface area contributed by atoms with E-state index in [0.29, 0.717) is 5.56 Å². The van der Waals surface area contributed by atoms with E-state index in [1.54, 1.807) is 6.20 Å². The summed E-state index contributed by atoms with van der Waals surface area (Å²) in [4.78, 5) is 4.03. The van der Waals surface area contributed by atoms with Gasteiger partial charge in [0.1, 0.15) is 6.07 Å². The molecule has 1 heterocycles. The molecule has 50 valence electrons. The van der Waals surface area contributed by atoms with Crippen LogP contribution in [0.1, 0.15) is 16.8 Å². The van der Waals surface area contributed by atoms with Crippen LogP contribution in [0.25, 0.3) is 0 Å². The Morgan fingerprint density at radius 3 is 2.70 bits per heavy atom. The summed E-state index contributed by atoms with van der Waals surface area (Å²) in [6.45, 7) is 3.87. The van der Waals surface area contributed by atoms with Crippen LogP contribution in [0, 0.1) is 25.2 Å². The SMILES string of the molecule is Cc1cc(C#N)cnc1C. The third-order valence-corrected chi connectivity index (χ3v) is 1.47. The van der Waals surface area contributed by atoms with Gasteiger partial charge in [0.25, 0.3) is 0 Å². The summed E-state index contributed by atoms with van der Waals surface area (Å²) in [7, 11) is 0. The lowest BCUT2D eigenvalue weighted by molar-refractivity contribution is 1.14. The first-order valence-corrected chi connectivity index (χ1v) is 3.07. The molecule has 0 aromatic carbocycles. The summed E-state index contributed by atoms with van der Waals surface area (Å²) >= 11 is 0. The number of hydrogen-bond donors (Lipinski definition) is 0. The van der Waals surface area contributed by atoms with E-state index in [4.69, 9.17) is 5.26 Å². The summed E-state index contributed by atoms with van der Waals surface area (Å²) in [5.74, 6) is 0. The second-order valence-electron chi connectivity index (χ2n) is 2.24. The van der Waals surface area contributed by atoms with Crippen molar-refractivity contribution in [1.29, 1.82) is 5.26 Å². The van der Waals surface area contributed by atoms with Crippen LogP contribution in [0.3, 0.4) is 0 Å². The Morgan fingerprint density at radius 1 is 1.50 bits per heavy atom. The average Bonchev–Trinajstić information content (AvgIpc) is 1.95. The standard InChI is InChI=1S/C8H8N2/c1-6-3-8(4-9)5-10-7(6)2/h3,5H,1-2H3. The fourth-order valence-electron chi connectivity index (χ4n) is 0.704. The Morgan fingerprint density at radius 2 is 2.20 bits per heavy atom. The normalized spacial score (nSPS) is 8.90. The Bertz CT molecular complexity index is 284. The Kier molecular flexibility index (Phi) is 1.68. The smallest absolute Gasteiger partial charge is 0.101 e. The minimum Gasteiger partial charge on any atom is -0.260 e. The predicted octanol–water partition coefficient (Wildman–Crippen LogP) is 1.57. The molecule has 0 saturated carbocycles. The molecular weight excluding hydrogens is 124 g/mol. The highest BCUT2D eigenvalue weighted by molar-refractivity contribution is 5.31. The molecule has 0 N–H and O–H groups in total. The van der Waals surface area contributed by atoms with Crippen molar-refractivity contribution in [3.8, 4) is 6.07 Å². The number of pyridine rings is 1. The van der Waals surface area contributed by atoms with E-state index in [-0.39, 0.29) is 0 Å². The molecule has 1 aromatic rings. The van der Waals surface area contributed by atoms with E-state index in [2.05, 4.69) is 4.98 Å². The lowest BCUT2D eigenvalue weighted by atomic mass is 10.2. The van der Waals surface area contributed by atoms with Crippen LogP contribution in [-0.4, -0.2) is 4.98 Å². The zero-order chi connectivity index (χ0) is 7.56. The molecule has 0 aliphatic heterocycles. The number of aryl methyl sites for hydroxylation is 2. The average molecular weight is 132 g/mol. The molecule has 0 amide bonds. The van der Waals surface area contributed by atoms with Crippen LogP contribution in [0.15, 0.2) is 12.3 Å². The summed E-state index contributed by atoms with van der Waals surface area (Å²) in [5, 5.41) is 8.46. The summed E-state index contributed by atoms with van der Waals surface area (Å²) in [5.41, 5.74) is 2.68. The first-order chi connectivity index (χ1) is 4.74. The van der Waals surface area contributed by atoms with Gasteiger partial charge in [0.2, 0.25) is 0 Å². The van der Waals surface area contributed by atoms with Gasteiger partial charge < -0.3 is 0 Å². The number of nitrogens with zero attached hydrogens (tertiary/aromatic N) is 2. The fourth-order valence-corrected chi connectivity index (χ4v) is 0.704. The van der Waals surface area contributed by atoms with E-state index in [1.165, 1.54) is 0 Å². The zero-order valence-corrected chi connectivity index (χ0v) is 6.05. The van der Waals surface area contributed by atoms with Crippen LogP contribution >= 0.6 is 0 Å². The molecule has 2 heteroatoms. The van der Waals surface area contributed by atoms with Crippen LogP contribution in [0.2, 0.25) is 0 Å². The zero-order valence-electron chi connectivity index (χ0n) is 6.05. The van der Waals surface area contributed by atoms with Gasteiger partial charge in [0.05, 0.1) is 5.56 Å². The predicted molar refractivity (Wildman–Crippen MR) is 38.4 cm³/mol. The van der Waals surface area contributed by atoms with Crippen molar-refractivity contribution in [3.63, 3.8) is 0 Å². The second-order valence-corrected chi connectivity index (χ2v) is 2.24. The third kappa shape index (κ3) is 1.14. The molecule has 0 atom stereocenters. The molecule has 10 heavy (non-hydrogen) atoms. The van der Waals surface area contributed by atoms with Gasteiger partial charge in [-0.3, -0.25) is 4.98 Å². The summed E-state index contributed by atoms with van der Waals surface area (Å²) in [6.07, 6.45) is 1.59. The lowest BCUT2D eigenvalue weighted by Gasteiger charge is -1.95. The van der Waals surface area contributed by atoms with E-state index in [1.807, 2.05) is 26.0 Å². The van der Waals surface area contributed by atoms with E-state index < -0.39 is 0 Å². The van der Waals surface area contributed by atoms with Gasteiger partial charge in [-0.2, -0.15) is 5.26 Å². The lowest BCUT2D eigenvalue weighted by Crippen LogP contribution is -1.86. The van der Waals surface area contributed by atoms with Gasteiger partial charge in [-0.15, -0.1) is 0 Å². The maximum atomic E-state index is 8.46. The third-order valence-electron chi connectivity index (χ3n) is 1.47. The fraction of sp³-hybridized carbons (Fsp3) is 0.250. The van der Waals surface area contributed by atoms with Gasteiger partial charge in [-0.25, -0.2) is 0 Å². The molecule has 0 aliphatic rings. The van der Waals surface area contributed by atoms with Crippen molar-refractivity contribution in [1.82, 2.24) is 4.98 Å². The van der Waals surface area contributed by atoms with Gasteiger partial charge in [0, 0.05) is 11.9 Å². The van der Waals surface area contributed by atoms with Crippen LogP contribution in [0.5, 0.6) is 0 Å². The minimum absolute atomic E-state index is 0.628. The summed E-state index contributed by atoms with van der Waals surface area (Å²) in [6, 6.07) is 3.87. The van der Waals surface area contributed by atoms with Crippen molar-refractivity contribution in [2.75, 3.05) is 0 Å². The molecule has 0 radical (unpaired) electrons. The molecule has 0 spiro atoms. The molecule has 1 aromatic heterocycles. The molecule has 2 nitrogen and oxygen atoms in total. The topological polar surface area (TPSA) is 36.7 Å². The van der Waals surface area contributed by atoms with Crippen LogP contribution in [-0.2, 0) is 0 Å². The summed E-state index contributed by atoms with van der Waals surface area (Å²) < 4.78 is 0. The van der Waals surface area contributed by atoms with Crippen LogP contribution in [0.4, 0.5) is 0 Å². The van der Waals surface area contributed by atoms with E-state index in [9.17, 15) is 0 Å². The Labute approximate surface area is 60.1 Å². The molecule has 0 saturated heterocycles. The number of rotatable bonds is 0. The van der Waals surface area contributed by atoms with Crippen molar-refractivity contribution in [2.24, 2.45) is 0 Å². The maximum Gasteiger partial charge on any atom is 0.101 e. The Hall–Kier alpha value is -1.36. The molecule has 1 rings (SSSR count).